The molecule has 2 rings (SSSR count). The second-order valence-electron chi connectivity index (χ2n) is 4.74. The lowest BCUT2D eigenvalue weighted by atomic mass is 10.0. The normalized spacial score (nSPS) is 11.1. The fourth-order valence-corrected chi connectivity index (χ4v) is 2.61. The summed E-state index contributed by atoms with van der Waals surface area (Å²) in [6.07, 6.45) is 1.02. The van der Waals surface area contributed by atoms with Gasteiger partial charge >= 0.3 is 6.61 Å². The van der Waals surface area contributed by atoms with Gasteiger partial charge in [-0.3, -0.25) is 9.59 Å². The Hall–Kier alpha value is -2.29. The van der Waals surface area contributed by atoms with E-state index in [4.69, 9.17) is 4.42 Å². The third-order valence-corrected chi connectivity index (χ3v) is 3.82. The van der Waals surface area contributed by atoms with Crippen LogP contribution < -0.4 is 4.74 Å². The largest absolute Gasteiger partial charge is 0.461 e. The van der Waals surface area contributed by atoms with Crippen LogP contribution in [0.4, 0.5) is 17.6 Å². The van der Waals surface area contributed by atoms with Crippen LogP contribution in [0.1, 0.15) is 33.8 Å². The summed E-state index contributed by atoms with van der Waals surface area (Å²) in [6.45, 7) is -3.18. The number of rotatable bonds is 9. The Balaban J connectivity index is 2.09. The molecule has 9 heteroatoms. The fourth-order valence-electron chi connectivity index (χ4n) is 1.99. The lowest BCUT2D eigenvalue weighted by Gasteiger charge is -2.11. The Labute approximate surface area is 144 Å². The number of hydrogen-bond acceptors (Lipinski definition) is 5. The Morgan fingerprint density at radius 3 is 2.40 bits per heavy atom. The van der Waals surface area contributed by atoms with Crippen LogP contribution in [0.2, 0.25) is 0 Å². The molecule has 0 spiro atoms. The molecule has 0 saturated carbocycles. The van der Waals surface area contributed by atoms with Gasteiger partial charge in [0.15, 0.2) is 17.3 Å². The van der Waals surface area contributed by atoms with Crippen LogP contribution in [0.25, 0.3) is 0 Å². The van der Waals surface area contributed by atoms with Crippen molar-refractivity contribution in [2.75, 3.05) is 0 Å². The molecule has 0 fully saturated rings. The second kappa shape index (κ2) is 8.70. The van der Waals surface area contributed by atoms with Crippen molar-refractivity contribution in [1.82, 2.24) is 0 Å². The predicted octanol–water partition coefficient (Wildman–Crippen LogP) is 5.04. The summed E-state index contributed by atoms with van der Waals surface area (Å²) >= 11 is -0.00480. The molecule has 1 aromatic carbocycles. The summed E-state index contributed by atoms with van der Waals surface area (Å²) in [7, 11) is 0. The van der Waals surface area contributed by atoms with Crippen LogP contribution in [-0.2, 0) is 0 Å². The molecule has 0 N–H and O–H groups in total. The van der Waals surface area contributed by atoms with Crippen molar-refractivity contribution in [2.24, 2.45) is 0 Å². The Morgan fingerprint density at radius 1 is 1.08 bits per heavy atom. The molecule has 2 aromatic rings. The second-order valence-corrected chi connectivity index (χ2v) is 5.77. The van der Waals surface area contributed by atoms with Crippen molar-refractivity contribution in [3.63, 3.8) is 0 Å². The van der Waals surface area contributed by atoms with E-state index in [1.54, 1.807) is 0 Å². The average Bonchev–Trinajstić information content (AvgIpc) is 3.07. The van der Waals surface area contributed by atoms with Gasteiger partial charge in [0.25, 0.3) is 5.76 Å². The van der Waals surface area contributed by atoms with Gasteiger partial charge in [-0.05, 0) is 30.3 Å². The highest BCUT2D eigenvalue weighted by Gasteiger charge is 2.18. The molecule has 4 nitrogen and oxygen atoms in total. The van der Waals surface area contributed by atoms with Crippen LogP contribution in [0, 0.1) is 0 Å². The Bertz CT molecular complexity index is 732. The van der Waals surface area contributed by atoms with Crippen molar-refractivity contribution in [1.29, 1.82) is 0 Å². The molecule has 0 aliphatic heterocycles. The minimum Gasteiger partial charge on any atom is -0.461 e. The predicted molar refractivity (Wildman–Crippen MR) is 81.5 cm³/mol. The summed E-state index contributed by atoms with van der Waals surface area (Å²) in [5.41, 5.74) is 0.0250. The molecule has 25 heavy (non-hydrogen) atoms. The van der Waals surface area contributed by atoms with Gasteiger partial charge in [0.2, 0.25) is 0 Å². The molecule has 134 valence electrons. The molecule has 1 heterocycles. The number of hydrogen-bond donors (Lipinski definition) is 0. The van der Waals surface area contributed by atoms with Crippen LogP contribution in [0.15, 0.2) is 45.9 Å². The van der Waals surface area contributed by atoms with Gasteiger partial charge in [-0.15, -0.1) is 0 Å². The molecular weight excluding hydrogens is 364 g/mol. The minimum atomic E-state index is -3.18. The van der Waals surface area contributed by atoms with Crippen molar-refractivity contribution >= 4 is 23.3 Å². The Morgan fingerprint density at radius 2 is 1.80 bits per heavy atom. The number of carbonyl (C=O) groups is 2. The summed E-state index contributed by atoms with van der Waals surface area (Å²) < 4.78 is 58.8. The summed E-state index contributed by atoms with van der Waals surface area (Å²) in [5.74, 6) is -4.06. The first-order valence-electron chi connectivity index (χ1n) is 7.00. The van der Waals surface area contributed by atoms with Crippen molar-refractivity contribution in [3.8, 4) is 5.75 Å². The summed E-state index contributed by atoms with van der Waals surface area (Å²) in [4.78, 5) is 23.6. The van der Waals surface area contributed by atoms with Gasteiger partial charge in [-0.1, -0.05) is 11.8 Å². The van der Waals surface area contributed by atoms with Crippen LogP contribution in [-0.4, -0.2) is 23.9 Å². The molecule has 0 bridgehead atoms. The molecule has 0 atom stereocenters. The van der Waals surface area contributed by atoms with E-state index >= 15 is 0 Å². The highest BCUT2D eigenvalue weighted by Crippen LogP contribution is 2.35. The first kappa shape index (κ1) is 19.0. The maximum absolute atomic E-state index is 12.6. The lowest BCUT2D eigenvalue weighted by molar-refractivity contribution is -0.0517. The summed E-state index contributed by atoms with van der Waals surface area (Å²) in [6, 6.07) is 6.25. The number of benzene rings is 1. The number of ether oxygens (including phenoxy) is 1. The zero-order valence-corrected chi connectivity index (χ0v) is 13.4. The molecule has 0 radical (unpaired) electrons. The highest BCUT2D eigenvalue weighted by molar-refractivity contribution is 7.99. The monoisotopic (exact) mass is 376 g/mol. The smallest absolute Gasteiger partial charge is 0.387 e. The SMILES string of the molecule is O=C(CCC(=O)c1ccco1)c1ccc(OC(F)F)c(SC(F)F)c1. The summed E-state index contributed by atoms with van der Waals surface area (Å²) in [5, 5.41) is 0. The molecular formula is C16H12F4O4S. The Kier molecular flexibility index (Phi) is 6.63. The highest BCUT2D eigenvalue weighted by atomic mass is 32.2. The van der Waals surface area contributed by atoms with E-state index < -0.39 is 23.9 Å². The van der Waals surface area contributed by atoms with Crippen molar-refractivity contribution in [2.45, 2.75) is 30.1 Å². The quantitative estimate of drug-likeness (QED) is 0.349. The van der Waals surface area contributed by atoms with E-state index in [-0.39, 0.29) is 46.6 Å². The number of thioether (sulfide) groups is 1. The van der Waals surface area contributed by atoms with Gasteiger partial charge in [0.05, 0.1) is 11.2 Å². The van der Waals surface area contributed by atoms with Crippen molar-refractivity contribution < 1.29 is 36.3 Å². The number of ketones is 2. The number of furan rings is 1. The average molecular weight is 376 g/mol. The standard InChI is InChI=1S/C16H12F4O4S/c17-15(18)24-13-6-3-9(8-14(13)25-16(19)20)10(21)4-5-11(22)12-2-1-7-23-12/h1-3,6-8,15-16H,4-5H2. The van der Waals surface area contributed by atoms with Crippen LogP contribution in [0.5, 0.6) is 5.75 Å². The zero-order chi connectivity index (χ0) is 18.4. The first-order chi connectivity index (χ1) is 11.9. The number of Topliss-reactive ketones (excluding diaryl/α,β-unsaturated/α-hetero) is 2. The van der Waals surface area contributed by atoms with E-state index in [9.17, 15) is 27.2 Å². The lowest BCUT2D eigenvalue weighted by Crippen LogP contribution is -2.07. The third kappa shape index (κ3) is 5.63. The maximum Gasteiger partial charge on any atom is 0.387 e. The van der Waals surface area contributed by atoms with E-state index in [1.807, 2.05) is 0 Å². The van der Waals surface area contributed by atoms with Gasteiger partial charge in [0, 0.05) is 18.4 Å². The van der Waals surface area contributed by atoms with Gasteiger partial charge in [-0.25, -0.2) is 0 Å². The number of carbonyl (C=O) groups excluding carboxylic acids is 2. The molecule has 0 aliphatic rings. The van der Waals surface area contributed by atoms with E-state index in [2.05, 4.69) is 4.74 Å². The zero-order valence-electron chi connectivity index (χ0n) is 12.6. The van der Waals surface area contributed by atoms with E-state index in [0.29, 0.717) is 0 Å². The number of halogens is 4. The van der Waals surface area contributed by atoms with Crippen LogP contribution in [0.3, 0.4) is 0 Å². The molecule has 1 aromatic heterocycles. The van der Waals surface area contributed by atoms with Crippen molar-refractivity contribution in [3.05, 3.63) is 47.9 Å². The first-order valence-corrected chi connectivity index (χ1v) is 7.88. The number of alkyl halides is 4. The molecule has 0 aliphatic carbocycles. The molecule has 0 unspecified atom stereocenters. The maximum atomic E-state index is 12.6. The van der Waals surface area contributed by atoms with Gasteiger partial charge < -0.3 is 9.15 Å². The van der Waals surface area contributed by atoms with Gasteiger partial charge in [0.1, 0.15) is 5.75 Å². The topological polar surface area (TPSA) is 56.5 Å². The third-order valence-electron chi connectivity index (χ3n) is 3.07. The van der Waals surface area contributed by atoms with Gasteiger partial charge in [-0.2, -0.15) is 17.6 Å². The van der Waals surface area contributed by atoms with E-state index in [0.717, 1.165) is 12.1 Å². The fraction of sp³-hybridized carbons (Fsp3) is 0.250. The molecule has 0 saturated heterocycles. The molecule has 0 amide bonds. The van der Waals surface area contributed by atoms with Crippen LogP contribution >= 0.6 is 11.8 Å². The minimum absolute atomic E-state index is 0.00480. The van der Waals surface area contributed by atoms with E-state index in [1.165, 1.54) is 24.5 Å².